The summed E-state index contributed by atoms with van der Waals surface area (Å²) in [5, 5.41) is 3.03. The van der Waals surface area contributed by atoms with Crippen molar-refractivity contribution in [1.82, 2.24) is 0 Å². The predicted molar refractivity (Wildman–Crippen MR) is 87.0 cm³/mol. The number of carbonyl (C=O) groups excluding carboxylic acids is 1. The fourth-order valence-corrected chi connectivity index (χ4v) is 3.31. The molecule has 1 amide bonds. The number of aryl methyl sites for hydroxylation is 1. The van der Waals surface area contributed by atoms with E-state index < -0.39 is 0 Å². The Morgan fingerprint density at radius 1 is 1.35 bits per heavy atom. The third-order valence-electron chi connectivity index (χ3n) is 4.11. The van der Waals surface area contributed by atoms with Crippen molar-refractivity contribution in [2.75, 3.05) is 23.9 Å². The van der Waals surface area contributed by atoms with Gasteiger partial charge in [-0.15, -0.1) is 0 Å². The van der Waals surface area contributed by atoms with E-state index >= 15 is 0 Å². The van der Waals surface area contributed by atoms with Gasteiger partial charge >= 0.3 is 0 Å². The minimum Gasteiger partial charge on any atom is -0.330 e. The van der Waals surface area contributed by atoms with E-state index in [2.05, 4.69) is 23.7 Å². The predicted octanol–water partition coefficient (Wildman–Crippen LogP) is 2.91. The highest BCUT2D eigenvalue weighted by atomic mass is 32.2. The van der Waals surface area contributed by atoms with Crippen molar-refractivity contribution in [2.24, 2.45) is 17.6 Å². The van der Waals surface area contributed by atoms with E-state index in [4.69, 9.17) is 5.73 Å². The maximum absolute atomic E-state index is 12.3. The summed E-state index contributed by atoms with van der Waals surface area (Å²) in [7, 11) is 0. The minimum atomic E-state index is 0.0937. The van der Waals surface area contributed by atoms with Crippen molar-refractivity contribution in [2.45, 2.75) is 25.7 Å². The van der Waals surface area contributed by atoms with Crippen LogP contribution in [0.1, 0.15) is 24.8 Å². The molecule has 0 aliphatic heterocycles. The first-order chi connectivity index (χ1) is 9.74. The molecule has 20 heavy (non-hydrogen) atoms. The fraction of sp³-hybridized carbons (Fsp3) is 0.562. The second-order valence-corrected chi connectivity index (χ2v) is 6.45. The molecule has 1 aliphatic rings. The van der Waals surface area contributed by atoms with Gasteiger partial charge in [-0.1, -0.05) is 18.6 Å². The van der Waals surface area contributed by atoms with Crippen LogP contribution >= 0.6 is 11.8 Å². The van der Waals surface area contributed by atoms with Crippen LogP contribution in [0.5, 0.6) is 0 Å². The van der Waals surface area contributed by atoms with Gasteiger partial charge in [-0.2, -0.15) is 11.8 Å². The maximum atomic E-state index is 12.3. The largest absolute Gasteiger partial charge is 0.330 e. The lowest BCUT2D eigenvalue weighted by atomic mass is 9.95. The first-order valence-corrected chi connectivity index (χ1v) is 8.72. The van der Waals surface area contributed by atoms with Gasteiger partial charge in [0.25, 0.3) is 0 Å². The summed E-state index contributed by atoms with van der Waals surface area (Å²) in [4.78, 5) is 12.3. The van der Waals surface area contributed by atoms with Crippen LogP contribution in [-0.2, 0) is 11.2 Å². The van der Waals surface area contributed by atoms with Crippen LogP contribution in [0, 0.1) is 11.8 Å². The molecule has 1 saturated carbocycles. The summed E-state index contributed by atoms with van der Waals surface area (Å²) < 4.78 is 0. The lowest BCUT2D eigenvalue weighted by molar-refractivity contribution is -0.120. The van der Waals surface area contributed by atoms with Crippen molar-refractivity contribution in [3.8, 4) is 0 Å². The number of hydrogen-bond donors (Lipinski definition) is 2. The Labute approximate surface area is 125 Å². The third-order valence-corrected chi connectivity index (χ3v) is 4.73. The number of amides is 1. The second kappa shape index (κ2) is 7.70. The molecule has 3 nitrogen and oxygen atoms in total. The molecule has 0 unspecified atom stereocenters. The van der Waals surface area contributed by atoms with Gasteiger partial charge in [-0.05, 0) is 61.4 Å². The van der Waals surface area contributed by atoms with Crippen LogP contribution in [0.4, 0.5) is 5.69 Å². The highest BCUT2D eigenvalue weighted by Gasteiger charge is 2.31. The van der Waals surface area contributed by atoms with Gasteiger partial charge in [0.15, 0.2) is 0 Å². The molecule has 0 bridgehead atoms. The SMILES string of the molecule is CSCCc1ccc(NC(=O)[C@@H]2CCC[C@@H]2CN)cc1. The molecule has 0 aromatic heterocycles. The Morgan fingerprint density at radius 2 is 2.10 bits per heavy atom. The molecule has 3 N–H and O–H groups in total. The number of nitrogens with one attached hydrogen (secondary N) is 1. The maximum Gasteiger partial charge on any atom is 0.227 e. The van der Waals surface area contributed by atoms with Gasteiger partial charge in [-0.3, -0.25) is 4.79 Å². The molecule has 1 aromatic rings. The summed E-state index contributed by atoms with van der Waals surface area (Å²) in [6, 6.07) is 8.20. The van der Waals surface area contributed by atoms with E-state index in [-0.39, 0.29) is 11.8 Å². The van der Waals surface area contributed by atoms with Crippen LogP contribution in [0.15, 0.2) is 24.3 Å². The number of benzene rings is 1. The second-order valence-electron chi connectivity index (χ2n) is 5.46. The monoisotopic (exact) mass is 292 g/mol. The van der Waals surface area contributed by atoms with Crippen molar-refractivity contribution in [1.29, 1.82) is 0 Å². The molecule has 110 valence electrons. The van der Waals surface area contributed by atoms with Gasteiger partial charge in [0.2, 0.25) is 5.91 Å². The molecule has 0 spiro atoms. The van der Waals surface area contributed by atoms with Gasteiger partial charge < -0.3 is 11.1 Å². The Bertz CT molecular complexity index is 433. The lowest BCUT2D eigenvalue weighted by Crippen LogP contribution is -2.29. The highest BCUT2D eigenvalue weighted by molar-refractivity contribution is 7.98. The molecule has 1 fully saturated rings. The molecule has 0 heterocycles. The first kappa shape index (κ1) is 15.4. The van der Waals surface area contributed by atoms with Crippen LogP contribution in [-0.4, -0.2) is 24.5 Å². The van der Waals surface area contributed by atoms with Crippen LogP contribution in [0.25, 0.3) is 0 Å². The van der Waals surface area contributed by atoms with E-state index in [0.717, 1.165) is 37.1 Å². The average molecular weight is 292 g/mol. The standard InChI is InChI=1S/C16H24N2OS/c1-20-10-9-12-5-7-14(8-6-12)18-16(19)15-4-2-3-13(15)11-17/h5-8,13,15H,2-4,9-11,17H2,1H3,(H,18,19)/t13-,15-/m1/s1. The summed E-state index contributed by atoms with van der Waals surface area (Å²) in [5.74, 6) is 1.72. The Kier molecular flexibility index (Phi) is 5.92. The van der Waals surface area contributed by atoms with E-state index in [1.54, 1.807) is 0 Å². The van der Waals surface area contributed by atoms with E-state index in [1.165, 1.54) is 5.56 Å². The minimum absolute atomic E-state index is 0.0937. The van der Waals surface area contributed by atoms with E-state index in [0.29, 0.717) is 12.5 Å². The van der Waals surface area contributed by atoms with Crippen molar-refractivity contribution >= 4 is 23.4 Å². The van der Waals surface area contributed by atoms with Crippen molar-refractivity contribution in [3.05, 3.63) is 29.8 Å². The van der Waals surface area contributed by atoms with Gasteiger partial charge in [-0.25, -0.2) is 0 Å². The fourth-order valence-electron chi connectivity index (χ4n) is 2.87. The zero-order valence-corrected chi connectivity index (χ0v) is 12.9. The quantitative estimate of drug-likeness (QED) is 0.847. The lowest BCUT2D eigenvalue weighted by Gasteiger charge is -2.17. The molecular formula is C16H24N2OS. The molecule has 0 radical (unpaired) electrons. The van der Waals surface area contributed by atoms with Gasteiger partial charge in [0.05, 0.1) is 0 Å². The van der Waals surface area contributed by atoms with Crippen LogP contribution < -0.4 is 11.1 Å². The van der Waals surface area contributed by atoms with Crippen molar-refractivity contribution in [3.63, 3.8) is 0 Å². The molecule has 4 heteroatoms. The number of thioether (sulfide) groups is 1. The smallest absolute Gasteiger partial charge is 0.227 e. The number of nitrogens with two attached hydrogens (primary N) is 1. The first-order valence-electron chi connectivity index (χ1n) is 7.33. The van der Waals surface area contributed by atoms with Crippen LogP contribution in [0.2, 0.25) is 0 Å². The summed E-state index contributed by atoms with van der Waals surface area (Å²) in [6.45, 7) is 0.617. The zero-order valence-electron chi connectivity index (χ0n) is 12.1. The summed E-state index contributed by atoms with van der Waals surface area (Å²) in [5.41, 5.74) is 7.95. The Morgan fingerprint density at radius 3 is 2.75 bits per heavy atom. The number of carbonyl (C=O) groups is 1. The topological polar surface area (TPSA) is 55.1 Å². The molecule has 2 rings (SSSR count). The molecule has 1 aromatic carbocycles. The normalized spacial score (nSPS) is 21.9. The Hall–Kier alpha value is -1.00. The zero-order chi connectivity index (χ0) is 14.4. The van der Waals surface area contributed by atoms with E-state index in [9.17, 15) is 4.79 Å². The highest BCUT2D eigenvalue weighted by Crippen LogP contribution is 2.31. The average Bonchev–Trinajstić information content (AvgIpc) is 2.95. The molecular weight excluding hydrogens is 268 g/mol. The number of rotatable bonds is 6. The molecule has 2 atom stereocenters. The van der Waals surface area contributed by atoms with E-state index in [1.807, 2.05) is 23.9 Å². The number of anilines is 1. The third kappa shape index (κ3) is 4.00. The molecule has 1 aliphatic carbocycles. The summed E-state index contributed by atoms with van der Waals surface area (Å²) >= 11 is 1.85. The van der Waals surface area contributed by atoms with Gasteiger partial charge in [0, 0.05) is 11.6 Å². The van der Waals surface area contributed by atoms with Gasteiger partial charge in [0.1, 0.15) is 0 Å². The number of hydrogen-bond acceptors (Lipinski definition) is 3. The van der Waals surface area contributed by atoms with Crippen molar-refractivity contribution < 1.29 is 4.79 Å². The summed E-state index contributed by atoms with van der Waals surface area (Å²) in [6.07, 6.45) is 6.37. The Balaban J connectivity index is 1.90. The molecule has 0 saturated heterocycles. The van der Waals surface area contributed by atoms with Crippen LogP contribution in [0.3, 0.4) is 0 Å².